The number of nitrogens with two attached hydrogens (primary N) is 1. The molecule has 1 spiro atoms. The number of amides is 3. The Labute approximate surface area is 175 Å². The molecule has 0 bridgehead atoms. The third kappa shape index (κ3) is 3.33. The number of carbonyl (C=O) groups excluding carboxylic acids is 3. The van der Waals surface area contributed by atoms with Crippen LogP contribution >= 0.6 is 0 Å². The molecular formula is C22H28N4O4. The largest absolute Gasteiger partial charge is 0.381 e. The predicted molar refractivity (Wildman–Crippen MR) is 108 cm³/mol. The average molecular weight is 412 g/mol. The topological polar surface area (TPSA) is 105 Å². The van der Waals surface area contributed by atoms with Crippen molar-refractivity contribution in [3.63, 3.8) is 0 Å². The monoisotopic (exact) mass is 412 g/mol. The summed E-state index contributed by atoms with van der Waals surface area (Å²) in [5.74, 6) is -0.773. The number of benzene rings is 1. The maximum absolute atomic E-state index is 12.8. The highest BCUT2D eigenvalue weighted by atomic mass is 16.5. The van der Waals surface area contributed by atoms with E-state index in [1.807, 2.05) is 12.1 Å². The number of carbonyl (C=O) groups is 3. The molecule has 8 heteroatoms. The standard InChI is InChI=1S/C22H28N4O4/c23-18-12-25(13-22(18)5-7-30-8-6-22)10-14-1-2-16-15(9-14)11-26(21(16)29)17-3-4-19(27)24-20(17)28/h1-2,9,17-18H,3-8,10-13,23H2,(H,24,27,28). The highest BCUT2D eigenvalue weighted by Crippen LogP contribution is 2.39. The zero-order valence-electron chi connectivity index (χ0n) is 17.1. The first kappa shape index (κ1) is 19.7. The van der Waals surface area contributed by atoms with Crippen LogP contribution in [-0.4, -0.2) is 65.9 Å². The molecule has 3 fully saturated rings. The van der Waals surface area contributed by atoms with Crippen molar-refractivity contribution < 1.29 is 19.1 Å². The van der Waals surface area contributed by atoms with E-state index in [9.17, 15) is 14.4 Å². The summed E-state index contributed by atoms with van der Waals surface area (Å²) in [6.45, 7) is 4.65. The normalized spacial score (nSPS) is 28.8. The van der Waals surface area contributed by atoms with E-state index in [1.54, 1.807) is 4.90 Å². The van der Waals surface area contributed by atoms with Gasteiger partial charge in [-0.25, -0.2) is 0 Å². The van der Waals surface area contributed by atoms with Gasteiger partial charge in [-0.2, -0.15) is 0 Å². The lowest BCUT2D eigenvalue weighted by Crippen LogP contribution is -2.52. The van der Waals surface area contributed by atoms with Gasteiger partial charge in [0.1, 0.15) is 6.04 Å². The third-order valence-corrected chi connectivity index (χ3v) is 7.26. The van der Waals surface area contributed by atoms with Crippen LogP contribution in [0, 0.1) is 5.41 Å². The Hall–Kier alpha value is -2.29. The van der Waals surface area contributed by atoms with Crippen molar-refractivity contribution >= 4 is 17.7 Å². The number of ether oxygens (including phenoxy) is 1. The minimum atomic E-state index is -0.573. The molecule has 3 N–H and O–H groups in total. The van der Waals surface area contributed by atoms with Crippen LogP contribution in [0.25, 0.3) is 0 Å². The van der Waals surface area contributed by atoms with Crippen molar-refractivity contribution in [2.24, 2.45) is 11.1 Å². The van der Waals surface area contributed by atoms with Crippen LogP contribution in [-0.2, 0) is 27.4 Å². The summed E-state index contributed by atoms with van der Waals surface area (Å²) in [6.07, 6.45) is 2.69. The molecule has 160 valence electrons. The van der Waals surface area contributed by atoms with E-state index in [2.05, 4.69) is 16.3 Å². The number of rotatable bonds is 3. The Morgan fingerprint density at radius 2 is 2.00 bits per heavy atom. The van der Waals surface area contributed by atoms with Gasteiger partial charge in [-0.15, -0.1) is 0 Å². The van der Waals surface area contributed by atoms with Crippen LogP contribution < -0.4 is 11.1 Å². The Balaban J connectivity index is 1.28. The fraction of sp³-hybridized carbons (Fsp3) is 0.591. The Morgan fingerprint density at radius 1 is 1.20 bits per heavy atom. The Morgan fingerprint density at radius 3 is 2.77 bits per heavy atom. The SMILES string of the molecule is NC1CN(Cc2ccc3c(c2)CN(C2CCC(=O)NC2=O)C3=O)CC12CCOCC2. The number of imide groups is 1. The van der Waals surface area contributed by atoms with Gasteiger partial charge >= 0.3 is 0 Å². The lowest BCUT2D eigenvalue weighted by Gasteiger charge is -2.36. The van der Waals surface area contributed by atoms with Crippen LogP contribution in [0.4, 0.5) is 0 Å². The molecule has 4 heterocycles. The van der Waals surface area contributed by atoms with Crippen molar-refractivity contribution in [2.75, 3.05) is 26.3 Å². The quantitative estimate of drug-likeness (QED) is 0.696. The summed E-state index contributed by atoms with van der Waals surface area (Å²) in [5, 5.41) is 2.35. The van der Waals surface area contributed by atoms with Gasteiger partial charge in [-0.3, -0.25) is 24.6 Å². The van der Waals surface area contributed by atoms with Gasteiger partial charge in [0.2, 0.25) is 11.8 Å². The summed E-state index contributed by atoms with van der Waals surface area (Å²) >= 11 is 0. The first-order valence-corrected chi connectivity index (χ1v) is 10.8. The molecule has 1 aromatic carbocycles. The summed E-state index contributed by atoms with van der Waals surface area (Å²) in [6, 6.07) is 5.56. The van der Waals surface area contributed by atoms with Gasteiger partial charge in [0.05, 0.1) is 0 Å². The maximum Gasteiger partial charge on any atom is 0.255 e. The number of hydrogen-bond donors (Lipinski definition) is 2. The lowest BCUT2D eigenvalue weighted by atomic mass is 9.76. The molecule has 4 aliphatic heterocycles. The van der Waals surface area contributed by atoms with Crippen LogP contribution in [0.15, 0.2) is 18.2 Å². The van der Waals surface area contributed by atoms with Crippen LogP contribution in [0.3, 0.4) is 0 Å². The van der Waals surface area contributed by atoms with Crippen LogP contribution in [0.2, 0.25) is 0 Å². The zero-order valence-corrected chi connectivity index (χ0v) is 17.1. The number of piperidine rings is 1. The highest BCUT2D eigenvalue weighted by molar-refractivity contribution is 6.05. The fourth-order valence-electron chi connectivity index (χ4n) is 5.51. The molecule has 0 saturated carbocycles. The van der Waals surface area contributed by atoms with Crippen molar-refractivity contribution in [3.05, 3.63) is 34.9 Å². The molecular weight excluding hydrogens is 384 g/mol. The molecule has 0 aromatic heterocycles. The average Bonchev–Trinajstić information content (AvgIpc) is 3.19. The molecule has 2 unspecified atom stereocenters. The molecule has 3 saturated heterocycles. The van der Waals surface area contributed by atoms with E-state index in [0.29, 0.717) is 18.5 Å². The third-order valence-electron chi connectivity index (χ3n) is 7.26. The fourth-order valence-corrected chi connectivity index (χ4v) is 5.51. The van der Waals surface area contributed by atoms with E-state index in [0.717, 1.165) is 56.8 Å². The lowest BCUT2D eigenvalue weighted by molar-refractivity contribution is -0.136. The number of nitrogens with one attached hydrogen (secondary N) is 1. The Kier molecular flexibility index (Phi) is 4.88. The minimum Gasteiger partial charge on any atom is -0.381 e. The van der Waals surface area contributed by atoms with E-state index >= 15 is 0 Å². The smallest absolute Gasteiger partial charge is 0.255 e. The highest BCUT2D eigenvalue weighted by Gasteiger charge is 2.45. The maximum atomic E-state index is 12.8. The molecule has 1 aromatic rings. The van der Waals surface area contributed by atoms with Crippen molar-refractivity contribution in [1.29, 1.82) is 0 Å². The molecule has 8 nitrogen and oxygen atoms in total. The second-order valence-corrected chi connectivity index (χ2v) is 9.14. The second-order valence-electron chi connectivity index (χ2n) is 9.14. The van der Waals surface area contributed by atoms with Gasteiger partial charge in [-0.05, 0) is 36.5 Å². The van der Waals surface area contributed by atoms with Crippen molar-refractivity contribution in [1.82, 2.24) is 15.1 Å². The molecule has 3 amide bonds. The van der Waals surface area contributed by atoms with Crippen LogP contribution in [0.1, 0.15) is 47.2 Å². The molecule has 4 aliphatic rings. The summed E-state index contributed by atoms with van der Waals surface area (Å²) in [4.78, 5) is 40.5. The second kappa shape index (κ2) is 7.44. The van der Waals surface area contributed by atoms with Crippen molar-refractivity contribution in [2.45, 2.75) is 50.9 Å². The van der Waals surface area contributed by atoms with E-state index in [-0.39, 0.29) is 35.6 Å². The predicted octanol–water partition coefficient (Wildman–Crippen LogP) is 0.387. The van der Waals surface area contributed by atoms with Gasteiger partial charge in [0.25, 0.3) is 5.91 Å². The molecule has 5 rings (SSSR count). The van der Waals surface area contributed by atoms with E-state index in [1.165, 1.54) is 0 Å². The first-order chi connectivity index (χ1) is 14.4. The van der Waals surface area contributed by atoms with Gasteiger partial charge in [0, 0.05) is 62.8 Å². The summed E-state index contributed by atoms with van der Waals surface area (Å²) in [5.41, 5.74) is 9.43. The zero-order chi connectivity index (χ0) is 20.9. The van der Waals surface area contributed by atoms with Gasteiger partial charge < -0.3 is 15.4 Å². The minimum absolute atomic E-state index is 0.129. The van der Waals surface area contributed by atoms with Crippen LogP contribution in [0.5, 0.6) is 0 Å². The van der Waals surface area contributed by atoms with Gasteiger partial charge in [0.15, 0.2) is 0 Å². The molecule has 0 radical (unpaired) electrons. The number of likely N-dealkylation sites (tertiary alicyclic amines) is 1. The van der Waals surface area contributed by atoms with Crippen molar-refractivity contribution in [3.8, 4) is 0 Å². The summed E-state index contributed by atoms with van der Waals surface area (Å²) in [7, 11) is 0. The van der Waals surface area contributed by atoms with E-state index < -0.39 is 6.04 Å². The number of hydrogen-bond acceptors (Lipinski definition) is 6. The van der Waals surface area contributed by atoms with E-state index in [4.69, 9.17) is 10.5 Å². The number of nitrogens with zero attached hydrogens (tertiary/aromatic N) is 2. The molecule has 2 atom stereocenters. The Bertz CT molecular complexity index is 895. The molecule has 0 aliphatic carbocycles. The number of fused-ring (bicyclic) bond motifs is 1. The van der Waals surface area contributed by atoms with Gasteiger partial charge in [-0.1, -0.05) is 12.1 Å². The summed E-state index contributed by atoms with van der Waals surface area (Å²) < 4.78 is 5.53. The first-order valence-electron chi connectivity index (χ1n) is 10.8. The molecule has 30 heavy (non-hydrogen) atoms.